The van der Waals surface area contributed by atoms with E-state index in [1.807, 2.05) is 45.9 Å². The van der Waals surface area contributed by atoms with Crippen molar-refractivity contribution in [3.8, 4) is 0 Å². The number of para-hydroxylation sites is 2. The maximum atomic E-state index is 12.8. The average molecular weight is 380 g/mol. The number of benzene rings is 1. The Kier molecular flexibility index (Phi) is 4.04. The van der Waals surface area contributed by atoms with E-state index >= 15 is 0 Å². The van der Waals surface area contributed by atoms with E-state index in [1.165, 1.54) is 11.8 Å². The van der Waals surface area contributed by atoms with Crippen LogP contribution in [0, 0.1) is 5.92 Å². The number of H-pyrrole nitrogens is 1. The molecule has 0 spiro atoms. The molecule has 0 unspecified atom stereocenters. The first-order valence-electron chi connectivity index (χ1n) is 9.22. The predicted octanol–water partition coefficient (Wildman–Crippen LogP) is 2.46. The number of carbonyl (C=O) groups excluding carboxylic acids is 1. The molecule has 1 amide bonds. The van der Waals surface area contributed by atoms with Crippen LogP contribution in [0.3, 0.4) is 0 Å². The lowest BCUT2D eigenvalue weighted by Crippen LogP contribution is -2.49. The smallest absolute Gasteiger partial charge is 0.250 e. The van der Waals surface area contributed by atoms with Crippen molar-refractivity contribution in [2.45, 2.75) is 24.0 Å². The quantitative estimate of drug-likeness (QED) is 0.709. The van der Waals surface area contributed by atoms with Gasteiger partial charge in [-0.2, -0.15) is 0 Å². The summed E-state index contributed by atoms with van der Waals surface area (Å²) in [6, 6.07) is 13.3. The van der Waals surface area contributed by atoms with Crippen LogP contribution in [0.15, 0.2) is 52.4 Å². The first kappa shape index (κ1) is 16.6. The molecule has 1 N–H and O–H groups in total. The fourth-order valence-corrected chi connectivity index (χ4v) is 5.11. The van der Waals surface area contributed by atoms with Crippen molar-refractivity contribution < 1.29 is 4.79 Å². The summed E-state index contributed by atoms with van der Waals surface area (Å²) in [5.41, 5.74) is 3.05. The molecule has 4 heterocycles. The largest absolute Gasteiger partial charge is 0.341 e. The number of likely N-dealkylation sites (tertiary alicyclic amines) is 1. The van der Waals surface area contributed by atoms with E-state index in [1.54, 1.807) is 6.07 Å². The first-order valence-corrected chi connectivity index (χ1v) is 10.2. The number of aromatic nitrogens is 3. The van der Waals surface area contributed by atoms with Gasteiger partial charge in [0.25, 0.3) is 5.56 Å². The first-order chi connectivity index (χ1) is 13.2. The number of nitrogens with zero attached hydrogens (tertiary/aromatic N) is 3. The van der Waals surface area contributed by atoms with Crippen molar-refractivity contribution in [1.29, 1.82) is 0 Å². The third-order valence-corrected chi connectivity index (χ3v) is 6.39. The maximum absolute atomic E-state index is 12.8. The molecule has 3 aromatic rings. The SMILES string of the molecule is O=C(CSc1nc2ccccc2[nH]1)N1C[C@H]2C[C@@H](C1)c1cccc(=O)n1C2. The Morgan fingerprint density at radius 3 is 2.93 bits per heavy atom. The summed E-state index contributed by atoms with van der Waals surface area (Å²) in [5.74, 6) is 1.13. The molecular formula is C20H20N4O2S. The topological polar surface area (TPSA) is 71.0 Å². The van der Waals surface area contributed by atoms with Crippen LogP contribution in [0.4, 0.5) is 0 Å². The molecule has 2 bridgehead atoms. The van der Waals surface area contributed by atoms with Crippen molar-refractivity contribution >= 4 is 28.7 Å². The second kappa shape index (κ2) is 6.56. The van der Waals surface area contributed by atoms with Crippen molar-refractivity contribution in [3.63, 3.8) is 0 Å². The molecule has 7 heteroatoms. The zero-order valence-electron chi connectivity index (χ0n) is 14.8. The zero-order chi connectivity index (χ0) is 18.4. The van der Waals surface area contributed by atoms with Crippen LogP contribution >= 0.6 is 11.8 Å². The van der Waals surface area contributed by atoms with Crippen LogP contribution < -0.4 is 5.56 Å². The van der Waals surface area contributed by atoms with Crippen molar-refractivity contribution in [2.24, 2.45) is 5.92 Å². The van der Waals surface area contributed by atoms with Gasteiger partial charge in [-0.05, 0) is 30.5 Å². The summed E-state index contributed by atoms with van der Waals surface area (Å²) in [7, 11) is 0. The normalized spacial score (nSPS) is 21.3. The minimum atomic E-state index is 0.0717. The number of imidazole rings is 1. The lowest BCUT2D eigenvalue weighted by molar-refractivity contribution is -0.131. The van der Waals surface area contributed by atoms with E-state index in [0.717, 1.165) is 34.8 Å². The molecule has 1 fully saturated rings. The molecule has 2 atom stereocenters. The number of rotatable bonds is 3. The lowest BCUT2D eigenvalue weighted by Gasteiger charge is -2.42. The van der Waals surface area contributed by atoms with E-state index in [0.29, 0.717) is 24.8 Å². The number of aromatic amines is 1. The van der Waals surface area contributed by atoms with Crippen molar-refractivity contribution in [1.82, 2.24) is 19.4 Å². The van der Waals surface area contributed by atoms with Gasteiger partial charge in [0.05, 0.1) is 16.8 Å². The van der Waals surface area contributed by atoms with Gasteiger partial charge in [-0.1, -0.05) is 30.0 Å². The number of carbonyl (C=O) groups is 1. The number of amides is 1. The highest BCUT2D eigenvalue weighted by Gasteiger charge is 2.36. The summed E-state index contributed by atoms with van der Waals surface area (Å²) < 4.78 is 1.89. The van der Waals surface area contributed by atoms with Gasteiger partial charge >= 0.3 is 0 Å². The van der Waals surface area contributed by atoms with Gasteiger partial charge in [0.2, 0.25) is 5.91 Å². The number of fused-ring (bicyclic) bond motifs is 5. The highest BCUT2D eigenvalue weighted by Crippen LogP contribution is 2.35. The Morgan fingerprint density at radius 2 is 2.04 bits per heavy atom. The van der Waals surface area contributed by atoms with E-state index in [2.05, 4.69) is 9.97 Å². The Bertz CT molecular complexity index is 1040. The van der Waals surface area contributed by atoms with Crippen molar-refractivity contribution in [3.05, 3.63) is 58.5 Å². The summed E-state index contributed by atoms with van der Waals surface area (Å²) in [4.78, 5) is 34.7. The minimum absolute atomic E-state index is 0.0717. The van der Waals surface area contributed by atoms with Gasteiger partial charge < -0.3 is 14.5 Å². The van der Waals surface area contributed by atoms with Gasteiger partial charge in [-0.25, -0.2) is 4.98 Å². The molecule has 6 nitrogen and oxygen atoms in total. The molecule has 27 heavy (non-hydrogen) atoms. The highest BCUT2D eigenvalue weighted by molar-refractivity contribution is 7.99. The van der Waals surface area contributed by atoms with Crippen LogP contribution in [-0.2, 0) is 11.3 Å². The standard InChI is InChI=1S/C20H20N4O2S/c25-18-7-3-6-17-14-8-13(10-24(17)18)9-23(11-14)19(26)12-27-20-21-15-4-1-2-5-16(15)22-20/h1-7,13-14H,8-12H2,(H,21,22)/t13-,14+/m1/s1. The third-order valence-electron chi connectivity index (χ3n) is 5.53. The molecule has 138 valence electrons. The molecule has 2 aromatic heterocycles. The van der Waals surface area contributed by atoms with Crippen LogP contribution in [0.1, 0.15) is 18.0 Å². The number of hydrogen-bond acceptors (Lipinski definition) is 4. The van der Waals surface area contributed by atoms with E-state index < -0.39 is 0 Å². The highest BCUT2D eigenvalue weighted by atomic mass is 32.2. The Hall–Kier alpha value is -2.54. The second-order valence-corrected chi connectivity index (χ2v) is 8.31. The van der Waals surface area contributed by atoms with Crippen LogP contribution in [0.25, 0.3) is 11.0 Å². The number of nitrogens with one attached hydrogen (secondary N) is 1. The second-order valence-electron chi connectivity index (χ2n) is 7.34. The molecule has 0 aliphatic carbocycles. The van der Waals surface area contributed by atoms with E-state index in [4.69, 9.17) is 0 Å². The fraction of sp³-hybridized carbons (Fsp3) is 0.350. The lowest BCUT2D eigenvalue weighted by atomic mass is 9.83. The Balaban J connectivity index is 1.28. The number of hydrogen-bond donors (Lipinski definition) is 1. The molecule has 1 saturated heterocycles. The minimum Gasteiger partial charge on any atom is -0.341 e. The fourth-order valence-electron chi connectivity index (χ4n) is 4.32. The summed E-state index contributed by atoms with van der Waals surface area (Å²) in [6.07, 6.45) is 1.06. The van der Waals surface area contributed by atoms with Gasteiger partial charge in [-0.15, -0.1) is 0 Å². The number of piperidine rings is 1. The van der Waals surface area contributed by atoms with Gasteiger partial charge in [0, 0.05) is 37.3 Å². The van der Waals surface area contributed by atoms with E-state index in [-0.39, 0.29) is 17.4 Å². The van der Waals surface area contributed by atoms with Gasteiger partial charge in [-0.3, -0.25) is 9.59 Å². The predicted molar refractivity (Wildman–Crippen MR) is 105 cm³/mol. The molecule has 2 aliphatic heterocycles. The number of thioether (sulfide) groups is 1. The van der Waals surface area contributed by atoms with Crippen molar-refractivity contribution in [2.75, 3.05) is 18.8 Å². The molecule has 1 aromatic carbocycles. The van der Waals surface area contributed by atoms with E-state index in [9.17, 15) is 9.59 Å². The number of pyridine rings is 1. The molecule has 0 radical (unpaired) electrons. The van der Waals surface area contributed by atoms with Crippen LogP contribution in [0.2, 0.25) is 0 Å². The summed E-state index contributed by atoms with van der Waals surface area (Å²) >= 11 is 1.45. The molecule has 0 saturated carbocycles. The van der Waals surface area contributed by atoms with Crippen LogP contribution in [-0.4, -0.2) is 44.2 Å². The zero-order valence-corrected chi connectivity index (χ0v) is 15.6. The average Bonchev–Trinajstić information content (AvgIpc) is 3.10. The monoisotopic (exact) mass is 380 g/mol. The molecule has 5 rings (SSSR count). The Labute approximate surface area is 160 Å². The summed E-state index contributed by atoms with van der Waals surface area (Å²) in [5, 5.41) is 0.777. The Morgan fingerprint density at radius 1 is 1.15 bits per heavy atom. The van der Waals surface area contributed by atoms with Crippen LogP contribution in [0.5, 0.6) is 0 Å². The molecular weight excluding hydrogens is 360 g/mol. The maximum Gasteiger partial charge on any atom is 0.250 e. The summed E-state index contributed by atoms with van der Waals surface area (Å²) in [6.45, 7) is 2.14. The van der Waals surface area contributed by atoms with Gasteiger partial charge in [0.1, 0.15) is 0 Å². The third kappa shape index (κ3) is 3.06. The van der Waals surface area contributed by atoms with Gasteiger partial charge in [0.15, 0.2) is 5.16 Å². The molecule has 2 aliphatic rings.